The van der Waals surface area contributed by atoms with Crippen LogP contribution < -0.4 is 5.32 Å². The zero-order chi connectivity index (χ0) is 13.3. The van der Waals surface area contributed by atoms with Gasteiger partial charge in [0.25, 0.3) is 0 Å². The van der Waals surface area contributed by atoms with Gasteiger partial charge in [0.1, 0.15) is 0 Å². The van der Waals surface area contributed by atoms with Crippen LogP contribution >= 0.6 is 0 Å². The van der Waals surface area contributed by atoms with Gasteiger partial charge in [-0.2, -0.15) is 5.10 Å². The molecule has 0 saturated carbocycles. The van der Waals surface area contributed by atoms with E-state index in [1.807, 2.05) is 38.9 Å². The van der Waals surface area contributed by atoms with E-state index in [9.17, 15) is 0 Å². The molecule has 18 heavy (non-hydrogen) atoms. The van der Waals surface area contributed by atoms with Crippen LogP contribution in [0.4, 0.5) is 0 Å². The largest absolute Gasteiger partial charge is 0.313 e. The molecule has 2 aromatic heterocycles. The standard InChI is InChI=1S/C12H20N6/c1-8-12(9(2)18(5)15-8)11(13-3)6-10-7-17(4)16-14-10/h7,11,13H,6H2,1-5H3. The lowest BCUT2D eigenvalue weighted by Crippen LogP contribution is -2.20. The minimum Gasteiger partial charge on any atom is -0.313 e. The normalized spacial score (nSPS) is 12.9. The number of likely N-dealkylation sites (N-methyl/N-ethyl adjacent to an activating group) is 1. The molecule has 0 aliphatic heterocycles. The molecule has 0 amide bonds. The lowest BCUT2D eigenvalue weighted by atomic mass is 10.0. The van der Waals surface area contributed by atoms with E-state index >= 15 is 0 Å². The van der Waals surface area contributed by atoms with E-state index in [4.69, 9.17) is 0 Å². The minimum absolute atomic E-state index is 0.218. The van der Waals surface area contributed by atoms with Crippen molar-refractivity contribution in [2.45, 2.75) is 26.3 Å². The molecule has 0 aliphatic carbocycles. The monoisotopic (exact) mass is 248 g/mol. The number of aryl methyl sites for hydroxylation is 3. The minimum atomic E-state index is 0.218. The van der Waals surface area contributed by atoms with E-state index in [1.165, 1.54) is 11.3 Å². The van der Waals surface area contributed by atoms with Crippen LogP contribution in [0.2, 0.25) is 0 Å². The molecule has 0 aromatic carbocycles. The van der Waals surface area contributed by atoms with Gasteiger partial charge in [-0.3, -0.25) is 9.36 Å². The fraction of sp³-hybridized carbons (Fsp3) is 0.583. The van der Waals surface area contributed by atoms with Crippen LogP contribution in [0.3, 0.4) is 0 Å². The van der Waals surface area contributed by atoms with Crippen molar-refractivity contribution in [2.24, 2.45) is 14.1 Å². The highest BCUT2D eigenvalue weighted by Gasteiger charge is 2.20. The SMILES string of the molecule is CNC(Cc1cn(C)nn1)c1c(C)nn(C)c1C. The summed E-state index contributed by atoms with van der Waals surface area (Å²) in [5.74, 6) is 0. The maximum absolute atomic E-state index is 4.46. The number of hydrogen-bond donors (Lipinski definition) is 1. The number of nitrogens with one attached hydrogen (secondary N) is 1. The summed E-state index contributed by atoms with van der Waals surface area (Å²) in [6.45, 7) is 4.14. The summed E-state index contributed by atoms with van der Waals surface area (Å²) >= 11 is 0. The molecular weight excluding hydrogens is 228 g/mol. The zero-order valence-electron chi connectivity index (χ0n) is 11.6. The van der Waals surface area contributed by atoms with Crippen molar-refractivity contribution in [3.05, 3.63) is 28.8 Å². The zero-order valence-corrected chi connectivity index (χ0v) is 11.6. The van der Waals surface area contributed by atoms with Crippen LogP contribution in [-0.2, 0) is 20.5 Å². The second-order valence-corrected chi connectivity index (χ2v) is 4.64. The van der Waals surface area contributed by atoms with Gasteiger partial charge in [-0.25, -0.2) is 0 Å². The molecule has 6 heteroatoms. The molecule has 2 heterocycles. The Kier molecular flexibility index (Phi) is 3.47. The molecule has 98 valence electrons. The van der Waals surface area contributed by atoms with Crippen LogP contribution in [-0.4, -0.2) is 31.8 Å². The first kappa shape index (κ1) is 12.8. The fourth-order valence-electron chi connectivity index (χ4n) is 2.34. The Morgan fingerprint density at radius 2 is 2.06 bits per heavy atom. The van der Waals surface area contributed by atoms with Crippen molar-refractivity contribution in [3.63, 3.8) is 0 Å². The molecule has 0 radical (unpaired) electrons. The summed E-state index contributed by atoms with van der Waals surface area (Å²) < 4.78 is 3.65. The van der Waals surface area contributed by atoms with Crippen molar-refractivity contribution in [1.29, 1.82) is 0 Å². The van der Waals surface area contributed by atoms with Gasteiger partial charge in [-0.1, -0.05) is 5.21 Å². The molecule has 2 rings (SSSR count). The summed E-state index contributed by atoms with van der Waals surface area (Å²) in [6.07, 6.45) is 2.77. The Balaban J connectivity index is 2.28. The first-order chi connectivity index (χ1) is 8.52. The van der Waals surface area contributed by atoms with Gasteiger partial charge >= 0.3 is 0 Å². The van der Waals surface area contributed by atoms with E-state index in [-0.39, 0.29) is 6.04 Å². The third-order valence-corrected chi connectivity index (χ3v) is 3.33. The first-order valence-corrected chi connectivity index (χ1v) is 6.05. The average Bonchev–Trinajstić information content (AvgIpc) is 2.82. The van der Waals surface area contributed by atoms with E-state index < -0.39 is 0 Å². The third-order valence-electron chi connectivity index (χ3n) is 3.33. The van der Waals surface area contributed by atoms with E-state index in [0.29, 0.717) is 0 Å². The van der Waals surface area contributed by atoms with E-state index in [0.717, 1.165) is 17.8 Å². The average molecular weight is 248 g/mol. The molecule has 6 nitrogen and oxygen atoms in total. The molecule has 0 saturated heterocycles. The topological polar surface area (TPSA) is 60.6 Å². The Morgan fingerprint density at radius 3 is 2.50 bits per heavy atom. The number of nitrogens with zero attached hydrogens (tertiary/aromatic N) is 5. The highest BCUT2D eigenvalue weighted by atomic mass is 15.4. The van der Waals surface area contributed by atoms with Crippen LogP contribution in [0.15, 0.2) is 6.20 Å². The Hall–Kier alpha value is -1.69. The number of aromatic nitrogens is 5. The Labute approximate surface area is 107 Å². The molecule has 2 aromatic rings. The van der Waals surface area contributed by atoms with Crippen LogP contribution in [0.5, 0.6) is 0 Å². The molecule has 0 spiro atoms. The van der Waals surface area contributed by atoms with Gasteiger partial charge in [0, 0.05) is 44.0 Å². The van der Waals surface area contributed by atoms with Crippen molar-refractivity contribution < 1.29 is 0 Å². The molecule has 0 bridgehead atoms. The van der Waals surface area contributed by atoms with Crippen molar-refractivity contribution in [1.82, 2.24) is 30.1 Å². The summed E-state index contributed by atoms with van der Waals surface area (Å²) in [5, 5.41) is 15.9. The van der Waals surface area contributed by atoms with Crippen molar-refractivity contribution >= 4 is 0 Å². The van der Waals surface area contributed by atoms with Gasteiger partial charge in [-0.15, -0.1) is 5.10 Å². The van der Waals surface area contributed by atoms with E-state index in [2.05, 4.69) is 27.7 Å². The van der Waals surface area contributed by atoms with E-state index in [1.54, 1.807) is 4.68 Å². The maximum atomic E-state index is 4.46. The lowest BCUT2D eigenvalue weighted by Gasteiger charge is -2.15. The van der Waals surface area contributed by atoms with Crippen LogP contribution in [0.1, 0.15) is 28.7 Å². The number of hydrogen-bond acceptors (Lipinski definition) is 4. The quantitative estimate of drug-likeness (QED) is 0.864. The van der Waals surface area contributed by atoms with Gasteiger partial charge in [0.15, 0.2) is 0 Å². The molecule has 0 fully saturated rings. The lowest BCUT2D eigenvalue weighted by molar-refractivity contribution is 0.576. The number of rotatable bonds is 4. The summed E-state index contributed by atoms with van der Waals surface area (Å²) in [7, 11) is 5.82. The smallest absolute Gasteiger partial charge is 0.0845 e. The molecule has 0 aliphatic rings. The van der Waals surface area contributed by atoms with Gasteiger partial charge < -0.3 is 5.32 Å². The predicted molar refractivity (Wildman–Crippen MR) is 69.2 cm³/mol. The van der Waals surface area contributed by atoms with Gasteiger partial charge in [-0.05, 0) is 20.9 Å². The van der Waals surface area contributed by atoms with Crippen molar-refractivity contribution in [3.8, 4) is 0 Å². The predicted octanol–water partition coefficient (Wildman–Crippen LogP) is 0.669. The summed E-state index contributed by atoms with van der Waals surface area (Å²) in [4.78, 5) is 0. The van der Waals surface area contributed by atoms with Gasteiger partial charge in [0.05, 0.1) is 11.4 Å². The maximum Gasteiger partial charge on any atom is 0.0845 e. The Bertz CT molecular complexity index is 539. The fourth-order valence-corrected chi connectivity index (χ4v) is 2.34. The highest BCUT2D eigenvalue weighted by Crippen LogP contribution is 2.23. The summed E-state index contributed by atoms with van der Waals surface area (Å²) in [5.41, 5.74) is 4.50. The Morgan fingerprint density at radius 1 is 1.33 bits per heavy atom. The summed E-state index contributed by atoms with van der Waals surface area (Å²) in [6, 6.07) is 0.218. The highest BCUT2D eigenvalue weighted by molar-refractivity contribution is 5.29. The molecule has 1 unspecified atom stereocenters. The third kappa shape index (κ3) is 2.28. The second-order valence-electron chi connectivity index (χ2n) is 4.64. The molecular formula is C12H20N6. The van der Waals surface area contributed by atoms with Crippen LogP contribution in [0, 0.1) is 13.8 Å². The molecule has 1 atom stereocenters. The second kappa shape index (κ2) is 4.89. The van der Waals surface area contributed by atoms with Crippen molar-refractivity contribution in [2.75, 3.05) is 7.05 Å². The van der Waals surface area contributed by atoms with Gasteiger partial charge in [0.2, 0.25) is 0 Å². The molecule has 1 N–H and O–H groups in total. The van der Waals surface area contributed by atoms with Crippen LogP contribution in [0.25, 0.3) is 0 Å². The first-order valence-electron chi connectivity index (χ1n) is 6.05.